The summed E-state index contributed by atoms with van der Waals surface area (Å²) in [6.45, 7) is 2.47. The van der Waals surface area contributed by atoms with Crippen molar-refractivity contribution >= 4 is 29.1 Å². The van der Waals surface area contributed by atoms with Crippen molar-refractivity contribution in [2.45, 2.75) is 26.0 Å². The topological polar surface area (TPSA) is 92.9 Å². The number of carbonyl (C=O) groups is 2. The Bertz CT molecular complexity index is 1630. The van der Waals surface area contributed by atoms with E-state index in [9.17, 15) is 14.7 Å². The number of fused-ring (bicyclic) bond motifs is 1. The van der Waals surface area contributed by atoms with Gasteiger partial charge in [0, 0.05) is 23.8 Å². The fourth-order valence-electron chi connectivity index (χ4n) is 4.27. The lowest BCUT2D eigenvalue weighted by Crippen LogP contribution is -2.42. The molecule has 2 N–H and O–H groups in total. The van der Waals surface area contributed by atoms with Gasteiger partial charge < -0.3 is 19.6 Å². The van der Waals surface area contributed by atoms with Crippen molar-refractivity contribution in [2.75, 3.05) is 0 Å². The van der Waals surface area contributed by atoms with Gasteiger partial charge in [0.15, 0.2) is 0 Å². The third-order valence-corrected chi connectivity index (χ3v) is 6.58. The molecule has 0 bridgehead atoms. The number of ether oxygens (including phenoxy) is 1. The van der Waals surface area contributed by atoms with Gasteiger partial charge in [-0.15, -0.1) is 0 Å². The third kappa shape index (κ3) is 6.45. The largest absolute Gasteiger partial charge is 0.489 e. The van der Waals surface area contributed by atoms with Crippen LogP contribution in [-0.4, -0.2) is 32.4 Å². The van der Waals surface area contributed by atoms with Gasteiger partial charge in [0.05, 0.1) is 0 Å². The van der Waals surface area contributed by atoms with Gasteiger partial charge in [-0.25, -0.2) is 9.78 Å². The van der Waals surface area contributed by atoms with Gasteiger partial charge in [0.2, 0.25) is 0 Å². The average Bonchev–Trinajstić information content (AvgIpc) is 3.36. The molecule has 0 aliphatic carbocycles. The SMILES string of the molecule is Cc1cccc(COc2ccc(C[C@H](NC(=O)c3cn4ccc(-c5ccc(Cl)cc5)cc4n3)C(=O)O)cc2)c1. The molecule has 0 saturated carbocycles. The van der Waals surface area contributed by atoms with E-state index in [1.807, 2.05) is 61.5 Å². The van der Waals surface area contributed by atoms with Crippen LogP contribution in [0, 0.1) is 6.92 Å². The molecule has 5 rings (SSSR count). The third-order valence-electron chi connectivity index (χ3n) is 6.32. The van der Waals surface area contributed by atoms with Crippen LogP contribution in [-0.2, 0) is 17.8 Å². The van der Waals surface area contributed by atoms with E-state index in [0.29, 0.717) is 23.0 Å². The van der Waals surface area contributed by atoms with E-state index in [-0.39, 0.29) is 12.1 Å². The van der Waals surface area contributed by atoms with Crippen LogP contribution in [0.25, 0.3) is 16.8 Å². The molecule has 0 spiro atoms. The van der Waals surface area contributed by atoms with Crippen LogP contribution in [0.5, 0.6) is 5.75 Å². The van der Waals surface area contributed by atoms with Crippen molar-refractivity contribution in [3.05, 3.63) is 125 Å². The van der Waals surface area contributed by atoms with Gasteiger partial charge in [-0.1, -0.05) is 65.7 Å². The molecule has 0 aliphatic heterocycles. The van der Waals surface area contributed by atoms with Crippen LogP contribution in [0.4, 0.5) is 0 Å². The minimum atomic E-state index is -1.13. The number of carbonyl (C=O) groups excluding carboxylic acids is 1. The second-order valence-electron chi connectivity index (χ2n) is 9.30. The summed E-state index contributed by atoms with van der Waals surface area (Å²) in [5.74, 6) is -1.01. The highest BCUT2D eigenvalue weighted by Crippen LogP contribution is 2.23. The Morgan fingerprint density at radius 3 is 2.46 bits per heavy atom. The normalized spacial score (nSPS) is 11.7. The highest BCUT2D eigenvalue weighted by atomic mass is 35.5. The Hall–Kier alpha value is -4.62. The van der Waals surface area contributed by atoms with Crippen LogP contribution in [0.3, 0.4) is 0 Å². The number of carboxylic acids is 1. The van der Waals surface area contributed by atoms with Crippen LogP contribution in [0.2, 0.25) is 5.02 Å². The first kappa shape index (κ1) is 26.0. The van der Waals surface area contributed by atoms with Gasteiger partial charge in [-0.3, -0.25) is 4.79 Å². The molecule has 2 heterocycles. The Morgan fingerprint density at radius 2 is 1.74 bits per heavy atom. The van der Waals surface area contributed by atoms with E-state index in [1.165, 1.54) is 5.56 Å². The summed E-state index contributed by atoms with van der Waals surface area (Å²) in [5, 5.41) is 13.0. The maximum Gasteiger partial charge on any atom is 0.326 e. The van der Waals surface area contributed by atoms with Crippen molar-refractivity contribution in [1.82, 2.24) is 14.7 Å². The number of aromatic nitrogens is 2. The summed E-state index contributed by atoms with van der Waals surface area (Å²) in [5.41, 5.74) is 5.59. The summed E-state index contributed by atoms with van der Waals surface area (Å²) in [6.07, 6.45) is 3.50. The van der Waals surface area contributed by atoms with E-state index in [2.05, 4.69) is 16.4 Å². The molecular weight excluding hydrogens is 514 g/mol. The quantitative estimate of drug-likeness (QED) is 0.241. The molecule has 3 aromatic carbocycles. The summed E-state index contributed by atoms with van der Waals surface area (Å²) >= 11 is 5.98. The predicted octanol–water partition coefficient (Wildman–Crippen LogP) is 5.97. The molecule has 7 nitrogen and oxygen atoms in total. The number of rotatable bonds is 9. The Balaban J connectivity index is 1.23. The van der Waals surface area contributed by atoms with Crippen molar-refractivity contribution in [3.63, 3.8) is 0 Å². The van der Waals surface area contributed by atoms with Gasteiger partial charge in [0.1, 0.15) is 29.7 Å². The molecule has 0 fully saturated rings. The molecule has 8 heteroatoms. The van der Waals surface area contributed by atoms with Crippen LogP contribution in [0.1, 0.15) is 27.2 Å². The number of imidazole rings is 1. The lowest BCUT2D eigenvalue weighted by Gasteiger charge is -2.14. The zero-order chi connectivity index (χ0) is 27.4. The van der Waals surface area contributed by atoms with Crippen molar-refractivity contribution in [3.8, 4) is 16.9 Å². The van der Waals surface area contributed by atoms with E-state index >= 15 is 0 Å². The van der Waals surface area contributed by atoms with E-state index in [1.54, 1.807) is 41.1 Å². The van der Waals surface area contributed by atoms with E-state index < -0.39 is 17.9 Å². The molecule has 0 unspecified atom stereocenters. The molecular formula is C31H26ClN3O4. The van der Waals surface area contributed by atoms with E-state index in [4.69, 9.17) is 16.3 Å². The number of carboxylic acid groups (broad SMARTS) is 1. The fourth-order valence-corrected chi connectivity index (χ4v) is 4.40. The summed E-state index contributed by atoms with van der Waals surface area (Å²) in [6, 6.07) is 25.4. The molecule has 0 radical (unpaired) electrons. The van der Waals surface area contributed by atoms with Gasteiger partial charge in [0.25, 0.3) is 5.91 Å². The molecule has 196 valence electrons. The first-order valence-corrected chi connectivity index (χ1v) is 12.8. The minimum absolute atomic E-state index is 0.118. The number of hydrogen-bond acceptors (Lipinski definition) is 4. The van der Waals surface area contributed by atoms with Crippen LogP contribution >= 0.6 is 11.6 Å². The van der Waals surface area contributed by atoms with Crippen molar-refractivity contribution < 1.29 is 19.4 Å². The lowest BCUT2D eigenvalue weighted by molar-refractivity contribution is -0.139. The highest BCUT2D eigenvalue weighted by molar-refractivity contribution is 6.30. The number of aliphatic carboxylic acids is 1. The van der Waals surface area contributed by atoms with Crippen molar-refractivity contribution in [1.29, 1.82) is 0 Å². The second kappa shape index (κ2) is 11.4. The van der Waals surface area contributed by atoms with E-state index in [0.717, 1.165) is 22.3 Å². The standard InChI is InChI=1S/C31H26ClN3O4/c1-20-3-2-4-22(15-20)19-39-26-11-5-21(6-12-26)16-27(31(37)38)34-30(36)28-18-35-14-13-24(17-29(35)33-28)23-7-9-25(32)10-8-23/h2-15,17-18,27H,16,19H2,1H3,(H,34,36)(H,37,38)/t27-/m0/s1. The Labute approximate surface area is 230 Å². The first-order valence-electron chi connectivity index (χ1n) is 12.4. The summed E-state index contributed by atoms with van der Waals surface area (Å²) in [4.78, 5) is 29.3. The Morgan fingerprint density at radius 1 is 0.974 bits per heavy atom. The molecule has 5 aromatic rings. The van der Waals surface area contributed by atoms with Crippen molar-refractivity contribution in [2.24, 2.45) is 0 Å². The number of aryl methyl sites for hydroxylation is 1. The maximum absolute atomic E-state index is 12.9. The van der Waals surface area contributed by atoms with Gasteiger partial charge >= 0.3 is 5.97 Å². The summed E-state index contributed by atoms with van der Waals surface area (Å²) in [7, 11) is 0. The smallest absolute Gasteiger partial charge is 0.326 e. The molecule has 39 heavy (non-hydrogen) atoms. The molecule has 1 atom stereocenters. The molecule has 1 amide bonds. The predicted molar refractivity (Wildman–Crippen MR) is 150 cm³/mol. The molecule has 0 saturated heterocycles. The number of benzene rings is 3. The first-order chi connectivity index (χ1) is 18.8. The number of amides is 1. The average molecular weight is 540 g/mol. The monoisotopic (exact) mass is 539 g/mol. The second-order valence-corrected chi connectivity index (χ2v) is 9.74. The number of hydrogen-bond donors (Lipinski definition) is 2. The lowest BCUT2D eigenvalue weighted by atomic mass is 10.1. The summed E-state index contributed by atoms with van der Waals surface area (Å²) < 4.78 is 7.57. The minimum Gasteiger partial charge on any atom is -0.489 e. The Kier molecular flexibility index (Phi) is 7.61. The van der Waals surface area contributed by atoms with Gasteiger partial charge in [-0.05, 0) is 65.6 Å². The van der Waals surface area contributed by atoms with Gasteiger partial charge in [-0.2, -0.15) is 0 Å². The van der Waals surface area contributed by atoms with Crippen LogP contribution in [0.15, 0.2) is 97.3 Å². The fraction of sp³-hybridized carbons (Fsp3) is 0.129. The highest BCUT2D eigenvalue weighted by Gasteiger charge is 2.23. The van der Waals surface area contributed by atoms with Crippen LogP contribution < -0.4 is 10.1 Å². The zero-order valence-corrected chi connectivity index (χ0v) is 21.9. The molecule has 2 aromatic heterocycles. The number of halogens is 1. The number of nitrogens with zero attached hydrogens (tertiary/aromatic N) is 2. The zero-order valence-electron chi connectivity index (χ0n) is 21.2. The molecule has 0 aliphatic rings. The number of nitrogens with one attached hydrogen (secondary N) is 1. The number of pyridine rings is 1. The maximum atomic E-state index is 12.9.